The highest BCUT2D eigenvalue weighted by atomic mass is 19.4. The van der Waals surface area contributed by atoms with Crippen molar-refractivity contribution < 1.29 is 13.2 Å². The minimum atomic E-state index is -4.35. The average molecular weight is 399 g/mol. The number of unbranched alkanes of at least 4 members (excludes halogenated alkanes) is 2. The molecule has 4 nitrogen and oxygen atoms in total. The predicted octanol–water partition coefficient (Wildman–Crippen LogP) is 5.07. The molecular weight excluding hydrogens is 365 g/mol. The summed E-state index contributed by atoms with van der Waals surface area (Å²) in [6.45, 7) is 8.92. The van der Waals surface area contributed by atoms with E-state index in [9.17, 15) is 13.2 Å². The molecule has 1 N–H and O–H groups in total. The van der Waals surface area contributed by atoms with Crippen LogP contribution in [0.2, 0.25) is 0 Å². The Kier molecular flexibility index (Phi) is 8.76. The number of rotatable bonds is 12. The third-order valence-corrected chi connectivity index (χ3v) is 5.00. The van der Waals surface area contributed by atoms with Crippen LogP contribution in [0, 0.1) is 0 Å². The van der Waals surface area contributed by atoms with E-state index >= 15 is 0 Å². The number of fused-ring (bicyclic) bond motifs is 1. The number of aromatic nitrogens is 2. The number of halogens is 3. The van der Waals surface area contributed by atoms with Crippen LogP contribution in [0.4, 0.5) is 13.2 Å². The van der Waals surface area contributed by atoms with Gasteiger partial charge in [0.1, 0.15) is 5.82 Å². The van der Waals surface area contributed by atoms with Crippen molar-refractivity contribution in [1.29, 1.82) is 0 Å². The maximum Gasteiger partial charge on any atom is 0.416 e. The summed E-state index contributed by atoms with van der Waals surface area (Å²) in [6.07, 6.45) is 1.37. The Balaban J connectivity index is 2.14. The van der Waals surface area contributed by atoms with Crippen LogP contribution < -0.4 is 5.32 Å². The first-order valence-corrected chi connectivity index (χ1v) is 10.3. The fraction of sp³-hybridized carbons (Fsp3) is 0.667. The molecule has 0 spiro atoms. The van der Waals surface area contributed by atoms with Gasteiger partial charge in [-0.3, -0.25) is 0 Å². The number of imidazole rings is 1. The smallest absolute Gasteiger partial charge is 0.327 e. The zero-order chi connectivity index (χ0) is 20.6. The van der Waals surface area contributed by atoms with Crippen molar-refractivity contribution in [3.05, 3.63) is 29.6 Å². The molecule has 2 rings (SSSR count). The molecule has 0 aliphatic rings. The third-order valence-electron chi connectivity index (χ3n) is 5.00. The Morgan fingerprint density at radius 3 is 2.25 bits per heavy atom. The minimum Gasteiger partial charge on any atom is -0.327 e. The van der Waals surface area contributed by atoms with E-state index < -0.39 is 11.7 Å². The maximum atomic E-state index is 13.0. The van der Waals surface area contributed by atoms with Crippen LogP contribution in [-0.4, -0.2) is 41.1 Å². The van der Waals surface area contributed by atoms with Gasteiger partial charge in [0.15, 0.2) is 0 Å². The Morgan fingerprint density at radius 1 is 1.04 bits per heavy atom. The fourth-order valence-electron chi connectivity index (χ4n) is 3.45. The molecule has 0 bridgehead atoms. The van der Waals surface area contributed by atoms with E-state index in [1.807, 2.05) is 7.05 Å². The Morgan fingerprint density at radius 2 is 1.68 bits per heavy atom. The van der Waals surface area contributed by atoms with Gasteiger partial charge < -0.3 is 14.8 Å². The first-order valence-electron chi connectivity index (χ1n) is 10.3. The van der Waals surface area contributed by atoms with Crippen molar-refractivity contribution >= 4 is 11.0 Å². The van der Waals surface area contributed by atoms with Gasteiger partial charge in [-0.05, 0) is 64.1 Å². The van der Waals surface area contributed by atoms with Crippen LogP contribution in [0.15, 0.2) is 18.2 Å². The van der Waals surface area contributed by atoms with Gasteiger partial charge in [-0.1, -0.05) is 26.7 Å². The third kappa shape index (κ3) is 6.21. The number of hydrogen-bond acceptors (Lipinski definition) is 3. The average Bonchev–Trinajstić information content (AvgIpc) is 2.99. The Hall–Kier alpha value is -1.60. The number of hydrogen-bond donors (Lipinski definition) is 1. The van der Waals surface area contributed by atoms with Gasteiger partial charge in [0.25, 0.3) is 0 Å². The summed E-state index contributed by atoms with van der Waals surface area (Å²) in [5.41, 5.74) is 0.534. The molecule has 0 aliphatic carbocycles. The molecule has 1 aromatic carbocycles. The van der Waals surface area contributed by atoms with Gasteiger partial charge in [0.2, 0.25) is 0 Å². The van der Waals surface area contributed by atoms with Crippen LogP contribution in [-0.2, 0) is 19.3 Å². The van der Waals surface area contributed by atoms with Gasteiger partial charge in [-0.15, -0.1) is 0 Å². The van der Waals surface area contributed by atoms with Crippen LogP contribution in [0.5, 0.6) is 0 Å². The van der Waals surface area contributed by atoms with Gasteiger partial charge in [-0.25, -0.2) is 4.98 Å². The van der Waals surface area contributed by atoms with Crippen LogP contribution >= 0.6 is 0 Å². The molecule has 0 radical (unpaired) electrons. The Labute approximate surface area is 166 Å². The van der Waals surface area contributed by atoms with Gasteiger partial charge >= 0.3 is 6.18 Å². The summed E-state index contributed by atoms with van der Waals surface area (Å²) in [4.78, 5) is 6.97. The largest absolute Gasteiger partial charge is 0.416 e. The molecule has 0 saturated heterocycles. The Bertz CT molecular complexity index is 716. The van der Waals surface area contributed by atoms with Crippen molar-refractivity contribution in [1.82, 2.24) is 19.8 Å². The van der Waals surface area contributed by atoms with E-state index in [4.69, 9.17) is 0 Å². The van der Waals surface area contributed by atoms with Crippen LogP contribution in [0.3, 0.4) is 0 Å². The highest BCUT2D eigenvalue weighted by molar-refractivity contribution is 5.77. The molecule has 1 heterocycles. The standard InChI is InChI=1S/C21H33F3N4/c1-4-6-11-27(12-7-5-2)13-8-14-28-19-10-9-17(21(22,23)24)15-18(19)26-20(28)16-25-3/h9-10,15,25H,4-8,11-14,16H2,1-3H3. The lowest BCUT2D eigenvalue weighted by Gasteiger charge is -2.22. The molecule has 1 aromatic heterocycles. The highest BCUT2D eigenvalue weighted by Gasteiger charge is 2.31. The maximum absolute atomic E-state index is 13.0. The zero-order valence-corrected chi connectivity index (χ0v) is 17.3. The quantitative estimate of drug-likeness (QED) is 0.542. The summed E-state index contributed by atoms with van der Waals surface area (Å²) in [6, 6.07) is 3.86. The molecule has 0 fully saturated rings. The van der Waals surface area contributed by atoms with Crippen molar-refractivity contribution in [2.24, 2.45) is 0 Å². The molecule has 28 heavy (non-hydrogen) atoms. The number of alkyl halides is 3. The van der Waals surface area contributed by atoms with Gasteiger partial charge in [-0.2, -0.15) is 13.2 Å². The normalized spacial score (nSPS) is 12.4. The lowest BCUT2D eigenvalue weighted by atomic mass is 10.2. The molecule has 0 aliphatic heterocycles. The number of benzene rings is 1. The van der Waals surface area contributed by atoms with Crippen molar-refractivity contribution in [3.63, 3.8) is 0 Å². The monoisotopic (exact) mass is 398 g/mol. The summed E-state index contributed by atoms with van der Waals surface area (Å²) >= 11 is 0. The van der Waals surface area contributed by atoms with Crippen molar-refractivity contribution in [3.8, 4) is 0 Å². The number of nitrogens with zero attached hydrogens (tertiary/aromatic N) is 3. The van der Waals surface area contributed by atoms with Crippen molar-refractivity contribution in [2.75, 3.05) is 26.7 Å². The van der Waals surface area contributed by atoms with E-state index in [1.165, 1.54) is 25.7 Å². The topological polar surface area (TPSA) is 33.1 Å². The fourth-order valence-corrected chi connectivity index (χ4v) is 3.45. The summed E-state index contributed by atoms with van der Waals surface area (Å²) in [7, 11) is 1.82. The predicted molar refractivity (Wildman–Crippen MR) is 108 cm³/mol. The summed E-state index contributed by atoms with van der Waals surface area (Å²) < 4.78 is 41.1. The lowest BCUT2D eigenvalue weighted by molar-refractivity contribution is -0.137. The number of nitrogens with one attached hydrogen (secondary N) is 1. The second-order valence-corrected chi connectivity index (χ2v) is 7.31. The van der Waals surface area contributed by atoms with Gasteiger partial charge in [0, 0.05) is 6.54 Å². The lowest BCUT2D eigenvalue weighted by Crippen LogP contribution is -2.28. The summed E-state index contributed by atoms with van der Waals surface area (Å²) in [5, 5.41) is 3.07. The van der Waals surface area contributed by atoms with Gasteiger partial charge in [0.05, 0.1) is 23.1 Å². The highest BCUT2D eigenvalue weighted by Crippen LogP contribution is 2.31. The molecule has 0 unspecified atom stereocenters. The molecule has 0 amide bonds. The first-order chi connectivity index (χ1) is 13.4. The summed E-state index contributed by atoms with van der Waals surface area (Å²) in [5.74, 6) is 0.783. The zero-order valence-electron chi connectivity index (χ0n) is 17.3. The number of aryl methyl sites for hydroxylation is 1. The van der Waals surface area contributed by atoms with E-state index in [1.54, 1.807) is 6.07 Å². The second kappa shape index (κ2) is 10.8. The van der Waals surface area contributed by atoms with Crippen LogP contribution in [0.1, 0.15) is 57.3 Å². The minimum absolute atomic E-state index is 0.411. The molecule has 158 valence electrons. The molecule has 7 heteroatoms. The van der Waals surface area contributed by atoms with E-state index in [0.29, 0.717) is 12.1 Å². The molecular formula is C21H33F3N4. The molecule has 0 saturated carbocycles. The van der Waals surface area contributed by atoms with Crippen LogP contribution in [0.25, 0.3) is 11.0 Å². The second-order valence-electron chi connectivity index (χ2n) is 7.31. The SMILES string of the molecule is CCCCN(CCCC)CCCn1c(CNC)nc2cc(C(F)(F)F)ccc21. The van der Waals surface area contributed by atoms with E-state index in [-0.39, 0.29) is 0 Å². The first kappa shape index (κ1) is 22.7. The van der Waals surface area contributed by atoms with Crippen molar-refractivity contribution in [2.45, 2.75) is 65.2 Å². The molecule has 0 atom stereocenters. The molecule has 2 aromatic rings. The van der Waals surface area contributed by atoms with E-state index in [0.717, 1.165) is 56.1 Å². The van der Waals surface area contributed by atoms with E-state index in [2.05, 4.69) is 33.6 Å².